The molecule has 74 valence electrons. The summed E-state index contributed by atoms with van der Waals surface area (Å²) in [4.78, 5) is 0. The Morgan fingerprint density at radius 1 is 1.36 bits per heavy atom. The summed E-state index contributed by atoms with van der Waals surface area (Å²) >= 11 is 0. The van der Waals surface area contributed by atoms with Gasteiger partial charge in [-0.3, -0.25) is 0 Å². The fourth-order valence-electron chi connectivity index (χ4n) is 5.33. The largest absolute Gasteiger partial charge is 0.0873 e. The molecule has 0 amide bonds. The lowest BCUT2D eigenvalue weighted by atomic mass is 9.64. The second-order valence-corrected chi connectivity index (χ2v) is 5.83. The van der Waals surface area contributed by atoms with Crippen molar-refractivity contribution in [3.8, 4) is 0 Å². The molecule has 0 heteroatoms. The van der Waals surface area contributed by atoms with Crippen molar-refractivity contribution in [1.82, 2.24) is 0 Å². The van der Waals surface area contributed by atoms with Crippen LogP contribution in [-0.2, 0) is 0 Å². The molecule has 4 unspecified atom stereocenters. The highest BCUT2D eigenvalue weighted by molar-refractivity contribution is 5.55. The molecule has 14 heavy (non-hydrogen) atoms. The van der Waals surface area contributed by atoms with Crippen molar-refractivity contribution >= 4 is 0 Å². The maximum absolute atomic E-state index is 2.45. The molecule has 4 aliphatic rings. The van der Waals surface area contributed by atoms with Gasteiger partial charge in [0.1, 0.15) is 0 Å². The van der Waals surface area contributed by atoms with Crippen LogP contribution in [0, 0.1) is 23.2 Å². The Kier molecular flexibility index (Phi) is 1.12. The minimum absolute atomic E-state index is 0.622. The van der Waals surface area contributed by atoms with E-state index in [2.05, 4.69) is 19.9 Å². The highest BCUT2D eigenvalue weighted by atomic mass is 14.7. The van der Waals surface area contributed by atoms with E-state index in [1.54, 1.807) is 0 Å². The molecular weight excluding hydrogens is 168 g/mol. The smallest absolute Gasteiger partial charge is 0.0135 e. The highest BCUT2D eigenvalue weighted by Gasteiger charge is 2.65. The summed E-state index contributed by atoms with van der Waals surface area (Å²) in [5.41, 5.74) is 6.28. The first-order valence-electron chi connectivity index (χ1n) is 6.18. The lowest BCUT2D eigenvalue weighted by Gasteiger charge is -2.41. The number of fused-ring (bicyclic) bond motifs is 4. The first kappa shape index (κ1) is 7.73. The third kappa shape index (κ3) is 0.536. The predicted molar refractivity (Wildman–Crippen MR) is 57.8 cm³/mol. The number of rotatable bonds is 0. The fourth-order valence-corrected chi connectivity index (χ4v) is 5.33. The molecule has 0 aromatic heterocycles. The van der Waals surface area contributed by atoms with Crippen LogP contribution < -0.4 is 0 Å². The minimum Gasteiger partial charge on any atom is -0.0873 e. The Hall–Kier alpha value is -0.520. The van der Waals surface area contributed by atoms with Gasteiger partial charge < -0.3 is 0 Å². The number of hydrogen-bond donors (Lipinski definition) is 0. The zero-order valence-electron chi connectivity index (χ0n) is 9.14. The summed E-state index contributed by atoms with van der Waals surface area (Å²) in [5, 5.41) is 0. The van der Waals surface area contributed by atoms with Crippen LogP contribution in [0.3, 0.4) is 0 Å². The van der Waals surface area contributed by atoms with Gasteiger partial charge in [0.05, 0.1) is 0 Å². The molecule has 0 heterocycles. The van der Waals surface area contributed by atoms with Crippen LogP contribution in [0.25, 0.3) is 0 Å². The molecule has 1 spiro atoms. The van der Waals surface area contributed by atoms with Crippen LogP contribution in [0.15, 0.2) is 22.8 Å². The van der Waals surface area contributed by atoms with E-state index in [4.69, 9.17) is 0 Å². The van der Waals surface area contributed by atoms with Crippen molar-refractivity contribution in [3.05, 3.63) is 22.8 Å². The summed E-state index contributed by atoms with van der Waals surface area (Å²) in [6.07, 6.45) is 8.37. The van der Waals surface area contributed by atoms with E-state index in [-0.39, 0.29) is 0 Å². The first-order chi connectivity index (χ1) is 6.78. The number of hydrogen-bond acceptors (Lipinski definition) is 0. The van der Waals surface area contributed by atoms with Gasteiger partial charge >= 0.3 is 0 Å². The van der Waals surface area contributed by atoms with Gasteiger partial charge in [-0.1, -0.05) is 29.7 Å². The molecule has 0 aliphatic heterocycles. The predicted octanol–water partition coefficient (Wildman–Crippen LogP) is 3.70. The molecule has 4 rings (SSSR count). The second-order valence-electron chi connectivity index (χ2n) is 5.83. The Morgan fingerprint density at radius 2 is 2.21 bits per heavy atom. The molecule has 0 nitrogen and oxygen atoms in total. The molecule has 2 fully saturated rings. The zero-order chi connectivity index (χ0) is 9.50. The molecule has 0 saturated heterocycles. The fraction of sp³-hybridized carbons (Fsp3) is 0.714. The van der Waals surface area contributed by atoms with Gasteiger partial charge in [0.2, 0.25) is 0 Å². The first-order valence-corrected chi connectivity index (χ1v) is 6.18. The minimum atomic E-state index is 0.622. The summed E-state index contributed by atoms with van der Waals surface area (Å²) in [5.74, 6) is 2.90. The van der Waals surface area contributed by atoms with Gasteiger partial charge in [-0.25, -0.2) is 0 Å². The zero-order valence-corrected chi connectivity index (χ0v) is 9.14. The summed E-state index contributed by atoms with van der Waals surface area (Å²) in [6.45, 7) is 4.70. The topological polar surface area (TPSA) is 0 Å². The summed E-state index contributed by atoms with van der Waals surface area (Å²) in [7, 11) is 0. The van der Waals surface area contributed by atoms with Crippen molar-refractivity contribution in [2.75, 3.05) is 0 Å². The Balaban J connectivity index is 1.97. The van der Waals surface area contributed by atoms with Crippen molar-refractivity contribution < 1.29 is 0 Å². The third-order valence-electron chi connectivity index (χ3n) is 5.53. The molecular formula is C14H18. The molecule has 0 aromatic carbocycles. The molecule has 4 aliphatic carbocycles. The molecule has 3 bridgehead atoms. The Bertz CT molecular complexity index is 385. The standard InChI is InChI=1S/C14H18/c1-3-12-9-4-5-14(12)7-11(9)10-6-8(2)13(10)14/h3,8-9,11H,4-7H2,1-2H3. The maximum atomic E-state index is 2.45. The van der Waals surface area contributed by atoms with E-state index in [1.807, 2.05) is 16.7 Å². The highest BCUT2D eigenvalue weighted by Crippen LogP contribution is 2.76. The van der Waals surface area contributed by atoms with Crippen LogP contribution >= 0.6 is 0 Å². The van der Waals surface area contributed by atoms with Gasteiger partial charge in [-0.15, -0.1) is 0 Å². The van der Waals surface area contributed by atoms with Crippen molar-refractivity contribution in [2.24, 2.45) is 23.2 Å². The Morgan fingerprint density at radius 3 is 2.93 bits per heavy atom. The van der Waals surface area contributed by atoms with Gasteiger partial charge in [-0.05, 0) is 50.4 Å². The van der Waals surface area contributed by atoms with Crippen molar-refractivity contribution in [1.29, 1.82) is 0 Å². The van der Waals surface area contributed by atoms with Crippen LogP contribution in [-0.4, -0.2) is 0 Å². The molecule has 4 atom stereocenters. The van der Waals surface area contributed by atoms with Crippen molar-refractivity contribution in [3.63, 3.8) is 0 Å². The summed E-state index contributed by atoms with van der Waals surface area (Å²) < 4.78 is 0. The monoisotopic (exact) mass is 186 g/mol. The van der Waals surface area contributed by atoms with Crippen LogP contribution in [0.5, 0.6) is 0 Å². The quantitative estimate of drug-likeness (QED) is 0.506. The SMILES string of the molecule is CC=C1C2CCC13CC2C1=C3C(C)C1. The van der Waals surface area contributed by atoms with Crippen molar-refractivity contribution in [2.45, 2.75) is 39.5 Å². The normalized spacial score (nSPS) is 55.6. The van der Waals surface area contributed by atoms with Crippen LogP contribution in [0.2, 0.25) is 0 Å². The molecule has 2 saturated carbocycles. The van der Waals surface area contributed by atoms with Crippen LogP contribution in [0.4, 0.5) is 0 Å². The lowest BCUT2D eigenvalue weighted by molar-refractivity contribution is 0.357. The average molecular weight is 186 g/mol. The van der Waals surface area contributed by atoms with E-state index in [9.17, 15) is 0 Å². The lowest BCUT2D eigenvalue weighted by Crippen LogP contribution is -2.29. The maximum Gasteiger partial charge on any atom is 0.0135 e. The average Bonchev–Trinajstić information content (AvgIpc) is 2.70. The molecule has 0 N–H and O–H groups in total. The molecule has 0 radical (unpaired) electrons. The van der Waals surface area contributed by atoms with E-state index in [1.165, 1.54) is 25.7 Å². The van der Waals surface area contributed by atoms with Gasteiger partial charge in [0, 0.05) is 5.41 Å². The van der Waals surface area contributed by atoms with Gasteiger partial charge in [0.25, 0.3) is 0 Å². The van der Waals surface area contributed by atoms with Crippen LogP contribution in [0.1, 0.15) is 39.5 Å². The van der Waals surface area contributed by atoms with Gasteiger partial charge in [0.15, 0.2) is 0 Å². The van der Waals surface area contributed by atoms with E-state index >= 15 is 0 Å². The molecule has 0 aromatic rings. The van der Waals surface area contributed by atoms with E-state index < -0.39 is 0 Å². The Labute approximate surface area is 86.1 Å². The van der Waals surface area contributed by atoms with E-state index in [0.717, 1.165) is 17.8 Å². The van der Waals surface area contributed by atoms with Gasteiger partial charge in [-0.2, -0.15) is 0 Å². The second kappa shape index (κ2) is 2.03. The van der Waals surface area contributed by atoms with E-state index in [0.29, 0.717) is 5.41 Å². The third-order valence-corrected chi connectivity index (χ3v) is 5.53. The summed E-state index contributed by atoms with van der Waals surface area (Å²) in [6, 6.07) is 0. The number of allylic oxidation sites excluding steroid dienone is 4.